The first-order chi connectivity index (χ1) is 9.69. The highest BCUT2D eigenvalue weighted by molar-refractivity contribution is 4.90. The van der Waals surface area contributed by atoms with Gasteiger partial charge in [-0.1, -0.05) is 33.1 Å². The first-order valence-electron chi connectivity index (χ1n) is 8.82. The normalized spacial score (nSPS) is 28.6. The van der Waals surface area contributed by atoms with Crippen LogP contribution in [0, 0.1) is 5.41 Å². The van der Waals surface area contributed by atoms with E-state index in [4.69, 9.17) is 0 Å². The zero-order valence-corrected chi connectivity index (χ0v) is 14.0. The van der Waals surface area contributed by atoms with E-state index in [9.17, 15) is 0 Å². The second-order valence-corrected chi connectivity index (χ2v) is 7.12. The van der Waals surface area contributed by atoms with Gasteiger partial charge in [-0.3, -0.25) is 4.90 Å². The van der Waals surface area contributed by atoms with Crippen LogP contribution < -0.4 is 5.32 Å². The maximum absolute atomic E-state index is 3.65. The quantitative estimate of drug-likeness (QED) is 0.807. The number of hydrogen-bond acceptors (Lipinski definition) is 3. The summed E-state index contributed by atoms with van der Waals surface area (Å²) in [4.78, 5) is 5.31. The van der Waals surface area contributed by atoms with E-state index >= 15 is 0 Å². The smallest absolute Gasteiger partial charge is 0.0218 e. The predicted octanol–water partition coefficient (Wildman–Crippen LogP) is 2.57. The minimum absolute atomic E-state index is 0.558. The SMILES string of the molecule is CCNCC1(CN2CCN(C)C(CC)C2)CCCCC1. The number of nitrogens with one attached hydrogen (secondary N) is 1. The van der Waals surface area contributed by atoms with Gasteiger partial charge in [0, 0.05) is 38.8 Å². The molecule has 2 aliphatic rings. The van der Waals surface area contributed by atoms with Crippen molar-refractivity contribution in [2.45, 2.75) is 58.4 Å². The van der Waals surface area contributed by atoms with E-state index in [0.29, 0.717) is 5.41 Å². The van der Waals surface area contributed by atoms with Crippen LogP contribution in [0.25, 0.3) is 0 Å². The molecular formula is C17H35N3. The summed E-state index contributed by atoms with van der Waals surface area (Å²) >= 11 is 0. The van der Waals surface area contributed by atoms with E-state index in [-0.39, 0.29) is 0 Å². The molecule has 118 valence electrons. The average Bonchev–Trinajstić information content (AvgIpc) is 2.48. The molecule has 1 heterocycles. The van der Waals surface area contributed by atoms with Gasteiger partial charge in [0.2, 0.25) is 0 Å². The van der Waals surface area contributed by atoms with Gasteiger partial charge in [-0.15, -0.1) is 0 Å². The van der Waals surface area contributed by atoms with Gasteiger partial charge < -0.3 is 10.2 Å². The molecule has 1 aliphatic carbocycles. The van der Waals surface area contributed by atoms with Gasteiger partial charge in [0.1, 0.15) is 0 Å². The maximum Gasteiger partial charge on any atom is 0.0218 e. The minimum Gasteiger partial charge on any atom is -0.316 e. The first kappa shape index (κ1) is 16.3. The van der Waals surface area contributed by atoms with E-state index in [1.807, 2.05) is 0 Å². The summed E-state index contributed by atoms with van der Waals surface area (Å²) < 4.78 is 0. The third-order valence-electron chi connectivity index (χ3n) is 5.56. The van der Waals surface area contributed by atoms with Gasteiger partial charge in [-0.05, 0) is 38.3 Å². The molecule has 3 heteroatoms. The summed E-state index contributed by atoms with van der Waals surface area (Å²) in [6.07, 6.45) is 8.49. The lowest BCUT2D eigenvalue weighted by molar-refractivity contribution is 0.0408. The minimum atomic E-state index is 0.558. The summed E-state index contributed by atoms with van der Waals surface area (Å²) in [6, 6.07) is 0.767. The summed E-state index contributed by atoms with van der Waals surface area (Å²) in [7, 11) is 2.29. The summed E-state index contributed by atoms with van der Waals surface area (Å²) in [5, 5.41) is 3.65. The lowest BCUT2D eigenvalue weighted by Gasteiger charge is -2.46. The lowest BCUT2D eigenvalue weighted by Crippen LogP contribution is -2.55. The topological polar surface area (TPSA) is 18.5 Å². The number of piperazine rings is 1. The summed E-state index contributed by atoms with van der Waals surface area (Å²) in [5.74, 6) is 0. The molecule has 1 aliphatic heterocycles. The highest BCUT2D eigenvalue weighted by Crippen LogP contribution is 2.37. The summed E-state index contributed by atoms with van der Waals surface area (Å²) in [6.45, 7) is 12.0. The number of rotatable bonds is 6. The van der Waals surface area contributed by atoms with Crippen molar-refractivity contribution in [3.63, 3.8) is 0 Å². The zero-order valence-electron chi connectivity index (χ0n) is 14.0. The van der Waals surface area contributed by atoms with Crippen molar-refractivity contribution in [3.8, 4) is 0 Å². The van der Waals surface area contributed by atoms with Gasteiger partial charge in [0.25, 0.3) is 0 Å². The first-order valence-corrected chi connectivity index (χ1v) is 8.82. The summed E-state index contributed by atoms with van der Waals surface area (Å²) in [5.41, 5.74) is 0.558. The molecule has 1 atom stereocenters. The Labute approximate surface area is 126 Å². The van der Waals surface area contributed by atoms with Gasteiger partial charge in [-0.25, -0.2) is 0 Å². The second kappa shape index (κ2) is 7.77. The van der Waals surface area contributed by atoms with E-state index in [0.717, 1.165) is 12.6 Å². The number of hydrogen-bond donors (Lipinski definition) is 1. The van der Waals surface area contributed by atoms with Crippen LogP contribution >= 0.6 is 0 Å². The van der Waals surface area contributed by atoms with E-state index in [2.05, 4.69) is 36.0 Å². The zero-order chi connectivity index (χ0) is 14.4. The number of nitrogens with zero attached hydrogens (tertiary/aromatic N) is 2. The highest BCUT2D eigenvalue weighted by atomic mass is 15.3. The fourth-order valence-electron chi connectivity index (χ4n) is 4.15. The maximum atomic E-state index is 3.65. The standard InChI is InChI=1S/C17H35N3/c1-4-16-13-20(12-11-19(16)3)15-17(14-18-5-2)9-7-6-8-10-17/h16,18H,4-15H2,1-3H3. The van der Waals surface area contributed by atoms with Crippen LogP contribution in [0.3, 0.4) is 0 Å². The molecule has 0 bridgehead atoms. The number of likely N-dealkylation sites (N-methyl/N-ethyl adjacent to an activating group) is 1. The Morgan fingerprint density at radius 1 is 1.10 bits per heavy atom. The fraction of sp³-hybridized carbons (Fsp3) is 1.00. The molecule has 0 aromatic carbocycles. The van der Waals surface area contributed by atoms with Crippen LogP contribution in [0.1, 0.15) is 52.4 Å². The van der Waals surface area contributed by atoms with Crippen LogP contribution in [-0.2, 0) is 0 Å². The molecule has 1 saturated carbocycles. The highest BCUT2D eigenvalue weighted by Gasteiger charge is 2.35. The second-order valence-electron chi connectivity index (χ2n) is 7.12. The van der Waals surface area contributed by atoms with Crippen LogP contribution in [0.2, 0.25) is 0 Å². The van der Waals surface area contributed by atoms with Crippen molar-refractivity contribution >= 4 is 0 Å². The van der Waals surface area contributed by atoms with Gasteiger partial charge in [0.05, 0.1) is 0 Å². The van der Waals surface area contributed by atoms with Crippen LogP contribution in [0.5, 0.6) is 0 Å². The van der Waals surface area contributed by atoms with Crippen molar-refractivity contribution < 1.29 is 0 Å². The monoisotopic (exact) mass is 281 g/mol. The van der Waals surface area contributed by atoms with Gasteiger partial charge in [0.15, 0.2) is 0 Å². The van der Waals surface area contributed by atoms with Crippen molar-refractivity contribution in [1.82, 2.24) is 15.1 Å². The molecule has 0 aromatic heterocycles. The predicted molar refractivity (Wildman–Crippen MR) is 87.2 cm³/mol. The third kappa shape index (κ3) is 4.19. The lowest BCUT2D eigenvalue weighted by atomic mass is 9.73. The Balaban J connectivity index is 1.93. The van der Waals surface area contributed by atoms with E-state index < -0.39 is 0 Å². The van der Waals surface area contributed by atoms with Crippen LogP contribution in [-0.4, -0.2) is 62.2 Å². The molecule has 2 rings (SSSR count). The molecule has 1 unspecified atom stereocenters. The van der Waals surface area contributed by atoms with Crippen LogP contribution in [0.15, 0.2) is 0 Å². The molecule has 0 spiro atoms. The molecule has 0 amide bonds. The third-order valence-corrected chi connectivity index (χ3v) is 5.56. The molecule has 2 fully saturated rings. The van der Waals surface area contributed by atoms with Gasteiger partial charge >= 0.3 is 0 Å². The Morgan fingerprint density at radius 3 is 2.50 bits per heavy atom. The molecular weight excluding hydrogens is 246 g/mol. The molecule has 0 radical (unpaired) electrons. The Hall–Kier alpha value is -0.120. The van der Waals surface area contributed by atoms with Crippen molar-refractivity contribution in [2.75, 3.05) is 46.3 Å². The molecule has 3 nitrogen and oxygen atoms in total. The van der Waals surface area contributed by atoms with Crippen LogP contribution in [0.4, 0.5) is 0 Å². The fourth-order valence-corrected chi connectivity index (χ4v) is 4.15. The Kier molecular flexibility index (Phi) is 6.31. The Morgan fingerprint density at radius 2 is 1.85 bits per heavy atom. The van der Waals surface area contributed by atoms with Crippen molar-refractivity contribution in [1.29, 1.82) is 0 Å². The molecule has 20 heavy (non-hydrogen) atoms. The van der Waals surface area contributed by atoms with E-state index in [1.54, 1.807) is 0 Å². The molecule has 1 saturated heterocycles. The molecule has 1 N–H and O–H groups in total. The Bertz CT molecular complexity index is 273. The van der Waals surface area contributed by atoms with E-state index in [1.165, 1.54) is 71.2 Å². The van der Waals surface area contributed by atoms with Gasteiger partial charge in [-0.2, -0.15) is 0 Å². The van der Waals surface area contributed by atoms with Crippen molar-refractivity contribution in [3.05, 3.63) is 0 Å². The average molecular weight is 281 g/mol. The van der Waals surface area contributed by atoms with Crippen molar-refractivity contribution in [2.24, 2.45) is 5.41 Å². The largest absolute Gasteiger partial charge is 0.316 e. The molecule has 0 aromatic rings.